The minimum atomic E-state index is 0.534. The van der Waals surface area contributed by atoms with Crippen molar-refractivity contribution < 1.29 is 0 Å². The Morgan fingerprint density at radius 2 is 1.96 bits per heavy atom. The van der Waals surface area contributed by atoms with Crippen molar-refractivity contribution >= 4 is 5.82 Å². The molecule has 0 unspecified atom stereocenters. The van der Waals surface area contributed by atoms with Crippen LogP contribution < -0.4 is 10.2 Å². The minimum absolute atomic E-state index is 0.534. The van der Waals surface area contributed by atoms with E-state index in [1.165, 1.54) is 16.8 Å². The number of fused-ring (bicyclic) bond motifs is 1. The van der Waals surface area contributed by atoms with E-state index in [1.807, 2.05) is 18.2 Å². The number of piperidine rings is 1. The van der Waals surface area contributed by atoms with Crippen molar-refractivity contribution in [2.75, 3.05) is 31.1 Å². The molecule has 3 heterocycles. The van der Waals surface area contributed by atoms with Crippen molar-refractivity contribution in [1.82, 2.24) is 15.3 Å². The van der Waals surface area contributed by atoms with Gasteiger partial charge in [0, 0.05) is 31.6 Å². The first-order valence-electron chi connectivity index (χ1n) is 9.13. The number of benzene rings is 1. The molecule has 0 radical (unpaired) electrons. The van der Waals surface area contributed by atoms with Crippen LogP contribution in [-0.4, -0.2) is 36.1 Å². The molecule has 2 aliphatic rings. The van der Waals surface area contributed by atoms with Gasteiger partial charge in [-0.2, -0.15) is 5.26 Å². The number of hydrogen-bond donors (Lipinski definition) is 1. The molecule has 0 saturated carbocycles. The van der Waals surface area contributed by atoms with Crippen LogP contribution in [0.25, 0.3) is 0 Å². The normalized spacial score (nSPS) is 18.3. The fraction of sp³-hybridized carbons (Fsp3) is 0.450. The van der Waals surface area contributed by atoms with Crippen LogP contribution in [0.2, 0.25) is 0 Å². The van der Waals surface area contributed by atoms with Crippen LogP contribution in [0.1, 0.15) is 41.1 Å². The molecule has 1 aromatic carbocycles. The first-order chi connectivity index (χ1) is 12.3. The predicted octanol–water partition coefficient (Wildman–Crippen LogP) is 2.42. The highest BCUT2D eigenvalue weighted by atomic mass is 15.2. The van der Waals surface area contributed by atoms with Gasteiger partial charge in [-0.3, -0.25) is 0 Å². The second-order valence-corrected chi connectivity index (χ2v) is 6.87. The van der Waals surface area contributed by atoms with Gasteiger partial charge in [-0.05, 0) is 49.4 Å². The van der Waals surface area contributed by atoms with E-state index in [9.17, 15) is 0 Å². The summed E-state index contributed by atoms with van der Waals surface area (Å²) in [5.41, 5.74) is 4.59. The van der Waals surface area contributed by atoms with Crippen molar-refractivity contribution in [2.24, 2.45) is 0 Å². The average molecular weight is 333 g/mol. The summed E-state index contributed by atoms with van der Waals surface area (Å²) in [4.78, 5) is 11.6. The monoisotopic (exact) mass is 333 g/mol. The first-order valence-corrected chi connectivity index (χ1v) is 9.13. The molecule has 1 fully saturated rings. The maximum absolute atomic E-state index is 9.11. The highest BCUT2D eigenvalue weighted by molar-refractivity contribution is 5.50. The average Bonchev–Trinajstić information content (AvgIpc) is 2.93. The Balaban J connectivity index is 1.50. The van der Waals surface area contributed by atoms with E-state index in [4.69, 9.17) is 5.26 Å². The molecule has 0 aliphatic carbocycles. The Morgan fingerprint density at radius 3 is 2.80 bits per heavy atom. The van der Waals surface area contributed by atoms with Crippen LogP contribution in [0, 0.1) is 11.3 Å². The van der Waals surface area contributed by atoms with Crippen LogP contribution in [0.5, 0.6) is 0 Å². The van der Waals surface area contributed by atoms with Crippen LogP contribution >= 0.6 is 0 Å². The Bertz CT molecular complexity index is 787. The van der Waals surface area contributed by atoms with Crippen LogP contribution in [0.3, 0.4) is 0 Å². The second-order valence-electron chi connectivity index (χ2n) is 6.87. The van der Waals surface area contributed by atoms with Crippen LogP contribution in [-0.2, 0) is 12.8 Å². The molecule has 5 nitrogen and oxygen atoms in total. The van der Waals surface area contributed by atoms with Gasteiger partial charge < -0.3 is 10.2 Å². The molecule has 1 aromatic heterocycles. The highest BCUT2D eigenvalue weighted by Crippen LogP contribution is 2.32. The van der Waals surface area contributed by atoms with Gasteiger partial charge in [-0.1, -0.05) is 12.1 Å². The lowest BCUT2D eigenvalue weighted by Crippen LogP contribution is -2.34. The molecular weight excluding hydrogens is 310 g/mol. The maximum atomic E-state index is 9.11. The molecule has 25 heavy (non-hydrogen) atoms. The quantitative estimate of drug-likeness (QED) is 0.914. The van der Waals surface area contributed by atoms with Crippen molar-refractivity contribution in [3.05, 3.63) is 53.0 Å². The zero-order chi connectivity index (χ0) is 17.1. The SMILES string of the molecule is N#Cc1cccc(C2CCN(c3ncnc4c3CCNCC4)CC2)c1. The summed E-state index contributed by atoms with van der Waals surface area (Å²) >= 11 is 0. The third kappa shape index (κ3) is 3.35. The molecule has 2 aliphatic heterocycles. The van der Waals surface area contributed by atoms with Gasteiger partial charge in [0.1, 0.15) is 12.1 Å². The number of nitriles is 1. The van der Waals surface area contributed by atoms with Crippen molar-refractivity contribution in [3.8, 4) is 6.07 Å². The van der Waals surface area contributed by atoms with Gasteiger partial charge in [-0.25, -0.2) is 9.97 Å². The van der Waals surface area contributed by atoms with E-state index in [0.717, 1.165) is 63.2 Å². The Hall–Kier alpha value is -2.45. The smallest absolute Gasteiger partial charge is 0.135 e. The van der Waals surface area contributed by atoms with Gasteiger partial charge >= 0.3 is 0 Å². The minimum Gasteiger partial charge on any atom is -0.356 e. The first kappa shape index (κ1) is 16.0. The lowest BCUT2D eigenvalue weighted by atomic mass is 9.88. The highest BCUT2D eigenvalue weighted by Gasteiger charge is 2.25. The van der Waals surface area contributed by atoms with Gasteiger partial charge in [0.2, 0.25) is 0 Å². The summed E-state index contributed by atoms with van der Waals surface area (Å²) in [6, 6.07) is 10.3. The maximum Gasteiger partial charge on any atom is 0.135 e. The van der Waals surface area contributed by atoms with Crippen molar-refractivity contribution in [2.45, 2.75) is 31.6 Å². The van der Waals surface area contributed by atoms with Gasteiger partial charge in [0.05, 0.1) is 17.3 Å². The number of anilines is 1. The second kappa shape index (κ2) is 7.20. The van der Waals surface area contributed by atoms with E-state index in [0.29, 0.717) is 5.92 Å². The number of hydrogen-bond acceptors (Lipinski definition) is 5. The van der Waals surface area contributed by atoms with E-state index in [1.54, 1.807) is 6.33 Å². The summed E-state index contributed by atoms with van der Waals surface area (Å²) in [7, 11) is 0. The molecule has 4 rings (SSSR count). The zero-order valence-electron chi connectivity index (χ0n) is 14.4. The van der Waals surface area contributed by atoms with Crippen LogP contribution in [0.15, 0.2) is 30.6 Å². The molecule has 0 spiro atoms. The number of nitrogens with zero attached hydrogens (tertiary/aromatic N) is 4. The lowest BCUT2D eigenvalue weighted by molar-refractivity contribution is 0.501. The summed E-state index contributed by atoms with van der Waals surface area (Å²) in [6.45, 7) is 4.03. The Labute approximate surface area is 148 Å². The van der Waals surface area contributed by atoms with Gasteiger partial charge in [0.15, 0.2) is 0 Å². The number of nitrogens with one attached hydrogen (secondary N) is 1. The summed E-state index contributed by atoms with van der Waals surface area (Å²) in [5, 5.41) is 12.6. The number of rotatable bonds is 2. The summed E-state index contributed by atoms with van der Waals surface area (Å²) in [6.07, 6.45) is 5.93. The molecule has 128 valence electrons. The molecule has 0 atom stereocenters. The van der Waals surface area contributed by atoms with Crippen molar-refractivity contribution in [3.63, 3.8) is 0 Å². The molecule has 1 saturated heterocycles. The topological polar surface area (TPSA) is 64.8 Å². The molecular formula is C20H23N5. The predicted molar refractivity (Wildman–Crippen MR) is 97.7 cm³/mol. The lowest BCUT2D eigenvalue weighted by Gasteiger charge is -2.34. The fourth-order valence-electron chi connectivity index (χ4n) is 4.01. The molecule has 0 amide bonds. The van der Waals surface area contributed by atoms with Crippen LogP contribution in [0.4, 0.5) is 5.82 Å². The molecule has 0 bridgehead atoms. The summed E-state index contributed by atoms with van der Waals surface area (Å²) in [5.74, 6) is 1.67. The Morgan fingerprint density at radius 1 is 1.12 bits per heavy atom. The third-order valence-corrected chi connectivity index (χ3v) is 5.38. The number of aromatic nitrogens is 2. The standard InChI is InChI=1S/C20H23N5/c21-13-15-2-1-3-17(12-15)16-6-10-25(11-7-16)20-18-4-8-22-9-5-19(18)23-14-24-20/h1-3,12,14,16,22H,4-11H2. The fourth-order valence-corrected chi connectivity index (χ4v) is 4.01. The van der Waals surface area contributed by atoms with E-state index < -0.39 is 0 Å². The van der Waals surface area contributed by atoms with E-state index >= 15 is 0 Å². The largest absolute Gasteiger partial charge is 0.356 e. The Kier molecular flexibility index (Phi) is 4.62. The zero-order valence-corrected chi connectivity index (χ0v) is 14.4. The molecule has 1 N–H and O–H groups in total. The molecule has 2 aromatic rings. The van der Waals surface area contributed by atoms with E-state index in [2.05, 4.69) is 32.3 Å². The molecule has 5 heteroatoms. The third-order valence-electron chi connectivity index (χ3n) is 5.38. The van der Waals surface area contributed by atoms with Crippen molar-refractivity contribution in [1.29, 1.82) is 5.26 Å². The van der Waals surface area contributed by atoms with E-state index in [-0.39, 0.29) is 0 Å². The van der Waals surface area contributed by atoms with Gasteiger partial charge in [0.25, 0.3) is 0 Å². The van der Waals surface area contributed by atoms with Gasteiger partial charge in [-0.15, -0.1) is 0 Å². The summed E-state index contributed by atoms with van der Waals surface area (Å²) < 4.78 is 0.